The first-order chi connectivity index (χ1) is 19.8. The third-order valence-corrected chi connectivity index (χ3v) is 9.01. The van der Waals surface area contributed by atoms with Gasteiger partial charge in [-0.3, -0.25) is 0 Å². The molecule has 0 aliphatic rings. The Hall–Kier alpha value is -3.78. The molecular weight excluding hydrogens is 547 g/mol. The Morgan fingerprint density at radius 3 is 1.73 bits per heavy atom. The molecular formula is C34H35N3O2S2. The largest absolute Gasteiger partial charge is 0.491 e. The summed E-state index contributed by atoms with van der Waals surface area (Å²) in [6.45, 7) is 9.36. The minimum Gasteiger partial charge on any atom is -0.491 e. The van der Waals surface area contributed by atoms with Crippen LogP contribution in [0.5, 0.6) is 11.5 Å². The lowest BCUT2D eigenvalue weighted by molar-refractivity contribution is 0.269. The molecule has 0 spiro atoms. The predicted molar refractivity (Wildman–Crippen MR) is 169 cm³/mol. The van der Waals surface area contributed by atoms with Crippen LogP contribution in [-0.4, -0.2) is 13.2 Å². The summed E-state index contributed by atoms with van der Waals surface area (Å²) >= 11 is 2.97. The molecule has 0 aliphatic heterocycles. The van der Waals surface area contributed by atoms with Crippen LogP contribution in [0.1, 0.15) is 51.7 Å². The molecule has 7 heteroatoms. The Morgan fingerprint density at radius 1 is 0.683 bits per heavy atom. The second-order valence-corrected chi connectivity index (χ2v) is 12.7. The summed E-state index contributed by atoms with van der Waals surface area (Å²) in [5.41, 5.74) is 7.41. The van der Waals surface area contributed by atoms with Crippen molar-refractivity contribution in [1.82, 2.24) is 0 Å². The summed E-state index contributed by atoms with van der Waals surface area (Å²) in [6.07, 6.45) is 1.62. The van der Waals surface area contributed by atoms with E-state index >= 15 is 0 Å². The molecule has 2 N–H and O–H groups in total. The quantitative estimate of drug-likeness (QED) is 0.167. The molecule has 5 nitrogen and oxygen atoms in total. The zero-order valence-corrected chi connectivity index (χ0v) is 25.6. The van der Waals surface area contributed by atoms with E-state index < -0.39 is 0 Å². The zero-order chi connectivity index (χ0) is 29.4. The van der Waals surface area contributed by atoms with Gasteiger partial charge in [0.1, 0.15) is 23.3 Å². The van der Waals surface area contributed by atoms with Gasteiger partial charge in [0.15, 0.2) is 11.5 Å². The highest BCUT2D eigenvalue weighted by Crippen LogP contribution is 2.53. The van der Waals surface area contributed by atoms with Gasteiger partial charge in [0.2, 0.25) is 0 Å². The minimum absolute atomic E-state index is 0.190. The van der Waals surface area contributed by atoms with Gasteiger partial charge in [0.05, 0.1) is 23.0 Å². The Labute approximate surface area is 251 Å². The zero-order valence-electron chi connectivity index (χ0n) is 23.9. The molecule has 0 aliphatic carbocycles. The lowest BCUT2D eigenvalue weighted by Crippen LogP contribution is -2.09. The standard InChI is InChI=1S/C34H35N3O2S2/c1-22(2)16-18-38-31-26(20-35)27(21-36)32(39-19-17-23(3)4)34(41-30-14-8-7-13-28(30)37)33(31)40-29-15-9-11-24-10-5-6-12-25(24)29/h5-15,22-23H,16-19,37H2,1-4H3. The van der Waals surface area contributed by atoms with E-state index in [-0.39, 0.29) is 11.1 Å². The molecule has 210 valence electrons. The van der Waals surface area contributed by atoms with E-state index in [0.29, 0.717) is 42.2 Å². The monoisotopic (exact) mass is 581 g/mol. The van der Waals surface area contributed by atoms with Crippen LogP contribution < -0.4 is 15.2 Å². The van der Waals surface area contributed by atoms with Crippen LogP contribution in [0.15, 0.2) is 86.3 Å². The lowest BCUT2D eigenvalue weighted by Gasteiger charge is -2.23. The maximum atomic E-state index is 10.4. The van der Waals surface area contributed by atoms with E-state index in [1.54, 1.807) is 0 Å². The number of hydrogen-bond donors (Lipinski definition) is 1. The first kappa shape index (κ1) is 30.2. The second-order valence-electron chi connectivity index (χ2n) is 10.6. The number of nitrogen functional groups attached to an aromatic ring is 1. The molecule has 0 amide bonds. The fourth-order valence-corrected chi connectivity index (χ4v) is 6.55. The molecule has 41 heavy (non-hydrogen) atoms. The number of para-hydroxylation sites is 1. The summed E-state index contributed by atoms with van der Waals surface area (Å²) in [5.74, 6) is 1.65. The molecule has 0 radical (unpaired) electrons. The number of anilines is 1. The number of benzene rings is 4. The molecule has 0 unspecified atom stereocenters. The van der Waals surface area contributed by atoms with Crippen LogP contribution in [-0.2, 0) is 0 Å². The van der Waals surface area contributed by atoms with Gasteiger partial charge >= 0.3 is 0 Å². The number of rotatable bonds is 12. The Kier molecular flexibility index (Phi) is 10.5. The van der Waals surface area contributed by atoms with Crippen LogP contribution in [0.3, 0.4) is 0 Å². The molecule has 0 fully saturated rings. The van der Waals surface area contributed by atoms with E-state index in [4.69, 9.17) is 15.2 Å². The van der Waals surface area contributed by atoms with Gasteiger partial charge in [0.25, 0.3) is 0 Å². The minimum atomic E-state index is 0.190. The van der Waals surface area contributed by atoms with Gasteiger partial charge in [-0.05, 0) is 53.6 Å². The van der Waals surface area contributed by atoms with Crippen molar-refractivity contribution in [2.24, 2.45) is 11.8 Å². The molecule has 4 aromatic rings. The molecule has 0 atom stereocenters. The average Bonchev–Trinajstić information content (AvgIpc) is 2.95. The number of nitriles is 2. The molecule has 0 saturated carbocycles. The summed E-state index contributed by atoms with van der Waals surface area (Å²) in [6, 6.07) is 26.6. The van der Waals surface area contributed by atoms with Crippen molar-refractivity contribution in [2.45, 2.75) is 60.1 Å². The third-order valence-electron chi connectivity index (χ3n) is 6.52. The number of fused-ring (bicyclic) bond motifs is 1. The van der Waals surface area contributed by atoms with Crippen molar-refractivity contribution >= 4 is 40.0 Å². The number of nitrogens with zero attached hydrogens (tertiary/aromatic N) is 2. The van der Waals surface area contributed by atoms with Crippen molar-refractivity contribution in [3.8, 4) is 23.6 Å². The number of ether oxygens (including phenoxy) is 2. The fraction of sp³-hybridized carbons (Fsp3) is 0.294. The maximum Gasteiger partial charge on any atom is 0.153 e. The Balaban J connectivity index is 2.00. The lowest BCUT2D eigenvalue weighted by atomic mass is 10.1. The van der Waals surface area contributed by atoms with E-state index in [2.05, 4.69) is 64.1 Å². The normalized spacial score (nSPS) is 11.0. The van der Waals surface area contributed by atoms with Crippen molar-refractivity contribution in [3.63, 3.8) is 0 Å². The summed E-state index contributed by atoms with van der Waals surface area (Å²) in [5, 5.41) is 23.0. The molecule has 4 rings (SSSR count). The van der Waals surface area contributed by atoms with Gasteiger partial charge < -0.3 is 15.2 Å². The van der Waals surface area contributed by atoms with Crippen LogP contribution in [0, 0.1) is 34.5 Å². The van der Waals surface area contributed by atoms with Gasteiger partial charge in [-0.25, -0.2) is 0 Å². The smallest absolute Gasteiger partial charge is 0.153 e. The van der Waals surface area contributed by atoms with Crippen LogP contribution in [0.4, 0.5) is 5.69 Å². The van der Waals surface area contributed by atoms with Gasteiger partial charge in [0, 0.05) is 15.5 Å². The van der Waals surface area contributed by atoms with Crippen molar-refractivity contribution in [1.29, 1.82) is 10.5 Å². The average molecular weight is 582 g/mol. The fourth-order valence-electron chi connectivity index (χ4n) is 4.21. The van der Waals surface area contributed by atoms with E-state index in [1.165, 1.54) is 23.5 Å². The molecule has 0 aromatic heterocycles. The molecule has 0 saturated heterocycles. The SMILES string of the molecule is CC(C)CCOc1c(C#N)c(C#N)c(OCCC(C)C)c(Sc2cccc3ccccc23)c1Sc1ccccc1N. The van der Waals surface area contributed by atoms with Crippen molar-refractivity contribution < 1.29 is 9.47 Å². The second kappa shape index (κ2) is 14.2. The van der Waals surface area contributed by atoms with E-state index in [1.807, 2.05) is 42.5 Å². The van der Waals surface area contributed by atoms with Gasteiger partial charge in [-0.15, -0.1) is 0 Å². The van der Waals surface area contributed by atoms with Crippen molar-refractivity contribution in [2.75, 3.05) is 18.9 Å². The predicted octanol–water partition coefficient (Wildman–Crippen LogP) is 9.32. The highest BCUT2D eigenvalue weighted by Gasteiger charge is 2.29. The first-order valence-electron chi connectivity index (χ1n) is 13.8. The van der Waals surface area contributed by atoms with E-state index in [9.17, 15) is 10.5 Å². The summed E-state index contributed by atoms with van der Waals surface area (Å²) in [4.78, 5) is 3.32. The highest BCUT2D eigenvalue weighted by atomic mass is 32.2. The van der Waals surface area contributed by atoms with E-state index in [0.717, 1.165) is 43.2 Å². The summed E-state index contributed by atoms with van der Waals surface area (Å²) < 4.78 is 12.8. The topological polar surface area (TPSA) is 92.1 Å². The number of nitrogens with two attached hydrogens (primary N) is 1. The van der Waals surface area contributed by atoms with Gasteiger partial charge in [-0.2, -0.15) is 10.5 Å². The van der Waals surface area contributed by atoms with Crippen molar-refractivity contribution in [3.05, 3.63) is 77.9 Å². The summed E-state index contributed by atoms with van der Waals surface area (Å²) in [7, 11) is 0. The highest BCUT2D eigenvalue weighted by molar-refractivity contribution is 8.02. The van der Waals surface area contributed by atoms with Gasteiger partial charge in [-0.1, -0.05) is 99.7 Å². The first-order valence-corrected chi connectivity index (χ1v) is 15.4. The Bertz CT molecular complexity index is 1600. The third kappa shape index (κ3) is 7.30. The maximum absolute atomic E-state index is 10.4. The van der Waals surface area contributed by atoms with Crippen LogP contribution in [0.2, 0.25) is 0 Å². The number of hydrogen-bond acceptors (Lipinski definition) is 7. The molecule has 4 aromatic carbocycles. The molecule has 0 heterocycles. The van der Waals surface area contributed by atoms with Crippen LogP contribution >= 0.6 is 23.5 Å². The molecule has 0 bridgehead atoms. The Morgan fingerprint density at radius 2 is 1.17 bits per heavy atom. The van der Waals surface area contributed by atoms with Crippen LogP contribution in [0.25, 0.3) is 10.8 Å².